The molecular formula is C15H16N4O2S. The van der Waals surface area contributed by atoms with Crippen molar-refractivity contribution in [2.75, 3.05) is 18.4 Å². The highest BCUT2D eigenvalue weighted by Crippen LogP contribution is 2.39. The van der Waals surface area contributed by atoms with Crippen LogP contribution in [0.1, 0.15) is 23.5 Å². The van der Waals surface area contributed by atoms with Crippen LogP contribution in [0.2, 0.25) is 0 Å². The van der Waals surface area contributed by atoms with E-state index in [1.807, 2.05) is 26.0 Å². The van der Waals surface area contributed by atoms with Gasteiger partial charge in [-0.2, -0.15) is 0 Å². The number of rotatable bonds is 0. The molecule has 7 heteroatoms. The van der Waals surface area contributed by atoms with Gasteiger partial charge in [-0.3, -0.25) is 9.59 Å². The number of aromatic amines is 1. The van der Waals surface area contributed by atoms with Gasteiger partial charge in [0, 0.05) is 23.2 Å². The second-order valence-electron chi connectivity index (χ2n) is 4.57. The average molecular weight is 316 g/mol. The van der Waals surface area contributed by atoms with Crippen molar-refractivity contribution in [1.82, 2.24) is 15.3 Å². The van der Waals surface area contributed by atoms with E-state index in [4.69, 9.17) is 0 Å². The number of thiophene rings is 1. The van der Waals surface area contributed by atoms with E-state index in [-0.39, 0.29) is 11.5 Å². The van der Waals surface area contributed by atoms with Crippen LogP contribution < -0.4 is 16.2 Å². The number of amides is 1. The van der Waals surface area contributed by atoms with Crippen molar-refractivity contribution in [3.8, 4) is 0 Å². The Morgan fingerprint density at radius 2 is 1.91 bits per heavy atom. The van der Waals surface area contributed by atoms with Gasteiger partial charge in [0.1, 0.15) is 4.88 Å². The van der Waals surface area contributed by atoms with Crippen molar-refractivity contribution in [2.45, 2.75) is 13.8 Å². The van der Waals surface area contributed by atoms with Crippen LogP contribution >= 0.6 is 11.3 Å². The zero-order chi connectivity index (χ0) is 15.7. The van der Waals surface area contributed by atoms with Gasteiger partial charge < -0.3 is 15.6 Å². The van der Waals surface area contributed by atoms with Crippen molar-refractivity contribution in [2.24, 2.45) is 0 Å². The molecule has 0 aliphatic carbocycles. The Balaban J connectivity index is 0.000000693. The third-order valence-electron chi connectivity index (χ3n) is 3.32. The number of carbonyl (C=O) groups excluding carboxylic acids is 1. The fourth-order valence-electron chi connectivity index (χ4n) is 2.47. The monoisotopic (exact) mass is 316 g/mol. The first-order valence-electron chi connectivity index (χ1n) is 7.20. The van der Waals surface area contributed by atoms with E-state index < -0.39 is 0 Å². The van der Waals surface area contributed by atoms with Gasteiger partial charge in [0.25, 0.3) is 11.5 Å². The Labute approximate surface area is 130 Å². The summed E-state index contributed by atoms with van der Waals surface area (Å²) < 4.78 is 0.978. The molecule has 22 heavy (non-hydrogen) atoms. The molecule has 0 radical (unpaired) electrons. The quantitative estimate of drug-likeness (QED) is 0.594. The number of aromatic nitrogens is 2. The van der Waals surface area contributed by atoms with Crippen LogP contribution in [0.25, 0.3) is 21.1 Å². The summed E-state index contributed by atoms with van der Waals surface area (Å²) in [7, 11) is 0. The van der Waals surface area contributed by atoms with Crippen molar-refractivity contribution in [3.05, 3.63) is 33.6 Å². The zero-order valence-corrected chi connectivity index (χ0v) is 13.1. The summed E-state index contributed by atoms with van der Waals surface area (Å²) in [5.41, 5.74) is 1.97. The highest BCUT2D eigenvalue weighted by atomic mass is 32.1. The number of anilines is 1. The fraction of sp³-hybridized carbons (Fsp3) is 0.267. The molecule has 3 heterocycles. The minimum atomic E-state index is -0.233. The average Bonchev–Trinajstić information content (AvgIpc) is 2.82. The Kier molecular flexibility index (Phi) is 3.81. The molecule has 3 aromatic rings. The van der Waals surface area contributed by atoms with E-state index in [0.717, 1.165) is 15.8 Å². The Morgan fingerprint density at radius 3 is 2.73 bits per heavy atom. The molecule has 4 rings (SSSR count). The zero-order valence-electron chi connectivity index (χ0n) is 12.3. The summed E-state index contributed by atoms with van der Waals surface area (Å²) >= 11 is 1.43. The number of fused-ring (bicyclic) bond motifs is 5. The molecular weight excluding hydrogens is 300 g/mol. The van der Waals surface area contributed by atoms with E-state index >= 15 is 0 Å². The lowest BCUT2D eigenvalue weighted by atomic mass is 10.1. The molecule has 3 N–H and O–H groups in total. The van der Waals surface area contributed by atoms with Gasteiger partial charge in [-0.25, -0.2) is 4.98 Å². The molecule has 0 atom stereocenters. The number of benzene rings is 1. The predicted octanol–water partition coefficient (Wildman–Crippen LogP) is 2.32. The van der Waals surface area contributed by atoms with Crippen molar-refractivity contribution < 1.29 is 4.79 Å². The van der Waals surface area contributed by atoms with Crippen molar-refractivity contribution in [3.63, 3.8) is 0 Å². The summed E-state index contributed by atoms with van der Waals surface area (Å²) in [5, 5.41) is 7.03. The van der Waals surface area contributed by atoms with E-state index in [2.05, 4.69) is 20.6 Å². The molecule has 0 saturated heterocycles. The van der Waals surface area contributed by atoms with Crippen LogP contribution in [-0.2, 0) is 0 Å². The number of nitrogens with zero attached hydrogens (tertiary/aromatic N) is 1. The van der Waals surface area contributed by atoms with Gasteiger partial charge in [-0.15, -0.1) is 11.3 Å². The molecule has 6 nitrogen and oxygen atoms in total. The summed E-state index contributed by atoms with van der Waals surface area (Å²) in [6, 6.07) is 3.73. The van der Waals surface area contributed by atoms with Crippen molar-refractivity contribution >= 4 is 44.1 Å². The highest BCUT2D eigenvalue weighted by Gasteiger charge is 2.22. The molecule has 0 saturated carbocycles. The van der Waals surface area contributed by atoms with Gasteiger partial charge in [0.2, 0.25) is 0 Å². The number of nitrogens with one attached hydrogen (secondary N) is 3. The fourth-order valence-corrected chi connectivity index (χ4v) is 3.57. The first-order valence-corrected chi connectivity index (χ1v) is 8.02. The van der Waals surface area contributed by atoms with E-state index in [9.17, 15) is 9.59 Å². The standard InChI is InChI=1S/C13H10N4O2S.C2H6/c18-8-5-16-10-6(17-8)1-2-7-9(10)11-12(20-7)13(19)15-4-3-14-11;1-2/h1-2,5,14H,3-4H2,(H,15,19)(H,17,18);1-2H3. The summed E-state index contributed by atoms with van der Waals surface area (Å²) in [6.45, 7) is 5.26. The number of carbonyl (C=O) groups is 1. The molecule has 1 aliphatic rings. The molecule has 1 aromatic carbocycles. The molecule has 0 fully saturated rings. The molecule has 2 aromatic heterocycles. The lowest BCUT2D eigenvalue weighted by molar-refractivity contribution is 0.0962. The number of hydrogen-bond donors (Lipinski definition) is 3. The Hall–Kier alpha value is -2.41. The molecule has 0 spiro atoms. The lowest BCUT2D eigenvalue weighted by Gasteiger charge is -2.04. The van der Waals surface area contributed by atoms with E-state index in [0.29, 0.717) is 29.0 Å². The van der Waals surface area contributed by atoms with Crippen LogP contribution in [0.4, 0.5) is 5.69 Å². The van der Waals surface area contributed by atoms with Crippen LogP contribution in [0.5, 0.6) is 0 Å². The first-order chi connectivity index (χ1) is 10.7. The smallest absolute Gasteiger partial charge is 0.266 e. The highest BCUT2D eigenvalue weighted by molar-refractivity contribution is 7.21. The second-order valence-corrected chi connectivity index (χ2v) is 5.62. The maximum Gasteiger partial charge on any atom is 0.266 e. The summed E-state index contributed by atoms with van der Waals surface area (Å²) in [4.78, 5) is 31.1. The molecule has 114 valence electrons. The Bertz CT molecular complexity index is 913. The predicted molar refractivity (Wildman–Crippen MR) is 89.9 cm³/mol. The minimum absolute atomic E-state index is 0.0659. The van der Waals surface area contributed by atoms with Crippen molar-refractivity contribution in [1.29, 1.82) is 0 Å². The normalized spacial score (nSPS) is 13.6. The van der Waals surface area contributed by atoms with Gasteiger partial charge in [-0.05, 0) is 12.1 Å². The van der Waals surface area contributed by atoms with Gasteiger partial charge in [0.15, 0.2) is 0 Å². The van der Waals surface area contributed by atoms with Crippen LogP contribution in [0.3, 0.4) is 0 Å². The maximum atomic E-state index is 12.0. The molecule has 0 bridgehead atoms. The summed E-state index contributed by atoms with van der Waals surface area (Å²) in [6.07, 6.45) is 1.27. The summed E-state index contributed by atoms with van der Waals surface area (Å²) in [5.74, 6) is -0.0659. The molecule has 1 aliphatic heterocycles. The molecule has 1 amide bonds. The number of hydrogen-bond acceptors (Lipinski definition) is 5. The van der Waals surface area contributed by atoms with Crippen LogP contribution in [-0.4, -0.2) is 29.0 Å². The third-order valence-corrected chi connectivity index (χ3v) is 4.47. The van der Waals surface area contributed by atoms with E-state index in [1.165, 1.54) is 17.5 Å². The van der Waals surface area contributed by atoms with Crippen LogP contribution in [0, 0.1) is 0 Å². The second kappa shape index (κ2) is 5.76. The maximum absolute atomic E-state index is 12.0. The lowest BCUT2D eigenvalue weighted by Crippen LogP contribution is -2.24. The third kappa shape index (κ3) is 2.23. The van der Waals surface area contributed by atoms with Gasteiger partial charge in [0.05, 0.1) is 22.9 Å². The number of H-pyrrole nitrogens is 1. The minimum Gasteiger partial charge on any atom is -0.381 e. The topological polar surface area (TPSA) is 86.9 Å². The van der Waals surface area contributed by atoms with E-state index in [1.54, 1.807) is 0 Å². The molecule has 0 unspecified atom stereocenters. The first kappa shape index (κ1) is 14.5. The SMILES string of the molecule is CC.O=C1NCCNc2c1sc1ccc3[nH]c(=O)cnc3c21. The largest absolute Gasteiger partial charge is 0.381 e. The van der Waals surface area contributed by atoms with Crippen LogP contribution in [0.15, 0.2) is 23.1 Å². The van der Waals surface area contributed by atoms with Gasteiger partial charge in [-0.1, -0.05) is 13.8 Å². The van der Waals surface area contributed by atoms with Gasteiger partial charge >= 0.3 is 0 Å². The Morgan fingerprint density at radius 1 is 1.14 bits per heavy atom.